The lowest BCUT2D eigenvalue weighted by Gasteiger charge is -2.22. The zero-order valence-electron chi connectivity index (χ0n) is 15.7. The van der Waals surface area contributed by atoms with Crippen LogP contribution in [-0.4, -0.2) is 48.5 Å². The Labute approximate surface area is 161 Å². The molecule has 0 aromatic carbocycles. The zero-order valence-corrected chi connectivity index (χ0v) is 15.7. The van der Waals surface area contributed by atoms with Crippen molar-refractivity contribution >= 4 is 23.5 Å². The first-order chi connectivity index (χ1) is 13.5. The number of carboxylic acid groups (broad SMARTS) is 1. The molecule has 0 atom stereocenters. The molecule has 3 N–H and O–H groups in total. The molecule has 1 aliphatic carbocycles. The van der Waals surface area contributed by atoms with Crippen LogP contribution in [0.15, 0.2) is 18.5 Å². The minimum atomic E-state index is -1.16. The van der Waals surface area contributed by atoms with E-state index >= 15 is 0 Å². The fraction of sp³-hybridized carbons (Fsp3) is 0.500. The summed E-state index contributed by atoms with van der Waals surface area (Å²) in [6, 6.07) is 1.45. The zero-order chi connectivity index (χ0) is 20.1. The lowest BCUT2D eigenvalue weighted by Crippen LogP contribution is -2.37. The first-order valence-electron chi connectivity index (χ1n) is 9.41. The Hall–Kier alpha value is -3.17. The Morgan fingerprint density at radius 3 is 2.57 bits per heavy atom. The van der Waals surface area contributed by atoms with Crippen molar-refractivity contribution in [1.82, 2.24) is 24.9 Å². The van der Waals surface area contributed by atoms with Crippen LogP contribution in [0, 0.1) is 0 Å². The number of aromatic nitrogens is 4. The van der Waals surface area contributed by atoms with Gasteiger partial charge in [-0.05, 0) is 25.8 Å². The number of aromatic carboxylic acids is 1. The van der Waals surface area contributed by atoms with E-state index in [1.54, 1.807) is 10.9 Å². The van der Waals surface area contributed by atoms with E-state index in [0.29, 0.717) is 12.2 Å². The third kappa shape index (κ3) is 4.76. The number of nitrogens with zero attached hydrogens (tertiary/aromatic N) is 4. The maximum absolute atomic E-state index is 12.7. The molecule has 0 spiro atoms. The van der Waals surface area contributed by atoms with E-state index in [2.05, 4.69) is 20.8 Å². The van der Waals surface area contributed by atoms with E-state index in [0.717, 1.165) is 25.7 Å². The summed E-state index contributed by atoms with van der Waals surface area (Å²) in [5.74, 6) is -1.89. The molecule has 0 radical (unpaired) electrons. The number of amides is 2. The van der Waals surface area contributed by atoms with Gasteiger partial charge in [0.25, 0.3) is 5.91 Å². The molecule has 1 saturated carbocycles. The normalized spacial score (nSPS) is 14.6. The van der Waals surface area contributed by atoms with Crippen LogP contribution in [0.2, 0.25) is 0 Å². The fourth-order valence-corrected chi connectivity index (χ4v) is 3.24. The number of carboxylic acids is 1. The van der Waals surface area contributed by atoms with E-state index in [9.17, 15) is 14.4 Å². The van der Waals surface area contributed by atoms with Crippen LogP contribution < -0.4 is 10.6 Å². The van der Waals surface area contributed by atoms with Crippen LogP contribution in [-0.2, 0) is 17.9 Å². The van der Waals surface area contributed by atoms with Gasteiger partial charge in [0.15, 0.2) is 11.4 Å². The van der Waals surface area contributed by atoms with Crippen molar-refractivity contribution in [2.45, 2.75) is 58.2 Å². The predicted octanol–water partition coefficient (Wildman–Crippen LogP) is 1.50. The van der Waals surface area contributed by atoms with Crippen molar-refractivity contribution in [1.29, 1.82) is 0 Å². The second kappa shape index (κ2) is 8.68. The number of anilines is 1. The Morgan fingerprint density at radius 2 is 1.93 bits per heavy atom. The standard InChI is InChI=1S/C18H24N6O4/c1-2-23-10-14(16(22-23)17(26)19-12-6-4-3-5-7-12)20-15(25)11-24-9-8-13(21-24)18(27)28/h8-10,12H,2-7,11H2,1H3,(H,19,26)(H,20,25)(H,27,28). The monoisotopic (exact) mass is 388 g/mol. The van der Waals surface area contributed by atoms with Crippen LogP contribution in [0.25, 0.3) is 0 Å². The molecule has 2 heterocycles. The van der Waals surface area contributed by atoms with Crippen LogP contribution in [0.4, 0.5) is 5.69 Å². The van der Waals surface area contributed by atoms with E-state index in [4.69, 9.17) is 5.11 Å². The number of hydrogen-bond acceptors (Lipinski definition) is 5. The van der Waals surface area contributed by atoms with Gasteiger partial charge in [0.2, 0.25) is 5.91 Å². The summed E-state index contributed by atoms with van der Waals surface area (Å²) >= 11 is 0. The largest absolute Gasteiger partial charge is 0.476 e. The number of nitrogens with one attached hydrogen (secondary N) is 2. The van der Waals surface area contributed by atoms with Gasteiger partial charge in [0.1, 0.15) is 6.54 Å². The highest BCUT2D eigenvalue weighted by Gasteiger charge is 2.22. The smallest absolute Gasteiger partial charge is 0.356 e. The average molecular weight is 388 g/mol. The van der Waals surface area contributed by atoms with E-state index < -0.39 is 11.9 Å². The molecule has 2 amide bonds. The topological polar surface area (TPSA) is 131 Å². The van der Waals surface area contributed by atoms with E-state index in [1.165, 1.54) is 23.4 Å². The molecule has 1 fully saturated rings. The summed E-state index contributed by atoms with van der Waals surface area (Å²) < 4.78 is 2.81. The van der Waals surface area contributed by atoms with Crippen molar-refractivity contribution in [3.8, 4) is 0 Å². The van der Waals surface area contributed by atoms with Gasteiger partial charge in [0, 0.05) is 25.0 Å². The van der Waals surface area contributed by atoms with Gasteiger partial charge in [-0.3, -0.25) is 19.0 Å². The summed E-state index contributed by atoms with van der Waals surface area (Å²) in [5, 5.41) is 22.7. The number of hydrogen-bond donors (Lipinski definition) is 3. The van der Waals surface area contributed by atoms with Gasteiger partial charge >= 0.3 is 5.97 Å². The second-order valence-electron chi connectivity index (χ2n) is 6.81. The molecule has 2 aromatic heterocycles. The average Bonchev–Trinajstić information content (AvgIpc) is 3.29. The van der Waals surface area contributed by atoms with Crippen molar-refractivity contribution in [3.63, 3.8) is 0 Å². The summed E-state index contributed by atoms with van der Waals surface area (Å²) in [4.78, 5) is 35.9. The fourth-order valence-electron chi connectivity index (χ4n) is 3.24. The lowest BCUT2D eigenvalue weighted by molar-refractivity contribution is -0.116. The van der Waals surface area contributed by atoms with Gasteiger partial charge in [-0.15, -0.1) is 0 Å². The maximum atomic E-state index is 12.7. The molecule has 0 aliphatic heterocycles. The molecule has 1 aliphatic rings. The molecular weight excluding hydrogens is 364 g/mol. The molecule has 0 saturated heterocycles. The van der Waals surface area contributed by atoms with Crippen LogP contribution >= 0.6 is 0 Å². The molecule has 0 unspecified atom stereocenters. The number of carbonyl (C=O) groups excluding carboxylic acids is 2. The highest BCUT2D eigenvalue weighted by Crippen LogP contribution is 2.19. The predicted molar refractivity (Wildman–Crippen MR) is 100 cm³/mol. The van der Waals surface area contributed by atoms with Crippen molar-refractivity contribution in [2.75, 3.05) is 5.32 Å². The molecule has 0 bridgehead atoms. The van der Waals surface area contributed by atoms with Crippen LogP contribution in [0.3, 0.4) is 0 Å². The molecular formula is C18H24N6O4. The first kappa shape index (κ1) is 19.6. The number of aryl methyl sites for hydroxylation is 1. The third-order valence-electron chi connectivity index (χ3n) is 4.68. The Kier molecular flexibility index (Phi) is 6.07. The molecule has 3 rings (SSSR count). The Balaban J connectivity index is 1.68. The van der Waals surface area contributed by atoms with E-state index in [1.807, 2.05) is 6.92 Å². The van der Waals surface area contributed by atoms with Gasteiger partial charge in [-0.1, -0.05) is 19.3 Å². The van der Waals surface area contributed by atoms with E-state index in [-0.39, 0.29) is 29.9 Å². The van der Waals surface area contributed by atoms with Gasteiger partial charge in [0.05, 0.1) is 5.69 Å². The van der Waals surface area contributed by atoms with Gasteiger partial charge in [-0.25, -0.2) is 4.79 Å². The molecule has 28 heavy (non-hydrogen) atoms. The van der Waals surface area contributed by atoms with Gasteiger partial charge < -0.3 is 15.7 Å². The van der Waals surface area contributed by atoms with Crippen molar-refractivity contribution in [2.24, 2.45) is 0 Å². The lowest BCUT2D eigenvalue weighted by atomic mass is 9.95. The van der Waals surface area contributed by atoms with Crippen molar-refractivity contribution < 1.29 is 19.5 Å². The SMILES string of the molecule is CCn1cc(NC(=O)Cn2ccc(C(=O)O)n2)c(C(=O)NC2CCCCC2)n1. The summed E-state index contributed by atoms with van der Waals surface area (Å²) in [5.41, 5.74) is 0.359. The van der Waals surface area contributed by atoms with Crippen LogP contribution in [0.1, 0.15) is 60.0 Å². The Morgan fingerprint density at radius 1 is 1.18 bits per heavy atom. The maximum Gasteiger partial charge on any atom is 0.356 e. The first-order valence-corrected chi connectivity index (χ1v) is 9.41. The summed E-state index contributed by atoms with van der Waals surface area (Å²) in [6.07, 6.45) is 8.31. The second-order valence-corrected chi connectivity index (χ2v) is 6.81. The third-order valence-corrected chi connectivity index (χ3v) is 4.68. The quantitative estimate of drug-likeness (QED) is 0.659. The molecule has 150 valence electrons. The molecule has 10 heteroatoms. The number of rotatable bonds is 7. The Bertz CT molecular complexity index is 865. The number of carbonyl (C=O) groups is 3. The van der Waals surface area contributed by atoms with Crippen molar-refractivity contribution in [3.05, 3.63) is 29.8 Å². The summed E-state index contributed by atoms with van der Waals surface area (Å²) in [7, 11) is 0. The highest BCUT2D eigenvalue weighted by atomic mass is 16.4. The van der Waals surface area contributed by atoms with Crippen LogP contribution in [0.5, 0.6) is 0 Å². The molecule has 2 aromatic rings. The minimum Gasteiger partial charge on any atom is -0.476 e. The molecule has 10 nitrogen and oxygen atoms in total. The highest BCUT2D eigenvalue weighted by molar-refractivity contribution is 6.02. The van der Waals surface area contributed by atoms with Gasteiger partial charge in [-0.2, -0.15) is 10.2 Å². The summed E-state index contributed by atoms with van der Waals surface area (Å²) in [6.45, 7) is 2.27. The minimum absolute atomic E-state index is 0.134.